The molecule has 7 nitrogen and oxygen atoms in total. The first-order chi connectivity index (χ1) is 18.9. The van der Waals surface area contributed by atoms with Crippen LogP contribution < -0.4 is 9.62 Å². The van der Waals surface area contributed by atoms with Crippen LogP contribution in [0.2, 0.25) is 5.02 Å². The number of amides is 2. The van der Waals surface area contributed by atoms with Crippen molar-refractivity contribution in [2.45, 2.75) is 51.6 Å². The molecule has 0 saturated carbocycles. The van der Waals surface area contributed by atoms with Crippen LogP contribution >= 0.6 is 11.6 Å². The lowest BCUT2D eigenvalue weighted by molar-refractivity contribution is -0.140. The van der Waals surface area contributed by atoms with E-state index in [2.05, 4.69) is 5.32 Å². The fourth-order valence-electron chi connectivity index (χ4n) is 4.12. The van der Waals surface area contributed by atoms with Gasteiger partial charge in [-0.05, 0) is 55.2 Å². The number of sulfonamides is 1. The van der Waals surface area contributed by atoms with Gasteiger partial charge < -0.3 is 10.2 Å². The number of carbonyl (C=O) groups is 2. The van der Waals surface area contributed by atoms with Gasteiger partial charge in [-0.1, -0.05) is 80.4 Å². The molecule has 1 N–H and O–H groups in total. The Morgan fingerprint density at radius 1 is 1.00 bits per heavy atom. The van der Waals surface area contributed by atoms with Crippen LogP contribution in [0.25, 0.3) is 0 Å². The molecule has 3 rings (SSSR count). The normalized spacial score (nSPS) is 12.2. The summed E-state index contributed by atoms with van der Waals surface area (Å²) in [6, 6.07) is 17.8. The molecule has 1 atom stereocenters. The summed E-state index contributed by atoms with van der Waals surface area (Å²) in [7, 11) is -4.26. The van der Waals surface area contributed by atoms with E-state index < -0.39 is 34.3 Å². The first kappa shape index (κ1) is 31.1. The number of benzene rings is 3. The van der Waals surface area contributed by atoms with E-state index in [1.54, 1.807) is 25.1 Å². The summed E-state index contributed by atoms with van der Waals surface area (Å²) in [6.07, 6.45) is 0.315. The molecule has 0 saturated heterocycles. The van der Waals surface area contributed by atoms with Crippen LogP contribution in [0.3, 0.4) is 0 Å². The minimum Gasteiger partial charge on any atom is -0.354 e. The molecule has 0 heterocycles. The molecule has 0 bridgehead atoms. The SMILES string of the molecule is CC[C@@H](C(=O)NCC(C)C)N(Cc1ccc(C)cc1)C(=O)CN(c1ccc(F)c(Cl)c1)S(=O)(=O)c1ccccc1. The standard InChI is InChI=1S/C30H35ClFN3O4S/c1-5-28(30(37)33-18-21(2)3)34(19-23-13-11-22(4)12-14-23)29(36)20-35(24-15-16-27(32)26(31)17-24)40(38,39)25-9-7-6-8-10-25/h6-17,21,28H,5,18-20H2,1-4H3,(H,33,37)/t28-/m0/s1. The minimum atomic E-state index is -4.26. The Kier molecular flexibility index (Phi) is 10.7. The van der Waals surface area contributed by atoms with E-state index in [1.807, 2.05) is 45.0 Å². The first-order valence-corrected chi connectivity index (χ1v) is 14.9. The number of hydrogen-bond donors (Lipinski definition) is 1. The number of anilines is 1. The molecule has 3 aromatic rings. The summed E-state index contributed by atoms with van der Waals surface area (Å²) >= 11 is 6.00. The van der Waals surface area contributed by atoms with Crippen molar-refractivity contribution in [1.82, 2.24) is 10.2 Å². The Morgan fingerprint density at radius 2 is 1.65 bits per heavy atom. The molecule has 0 aromatic heterocycles. The summed E-state index contributed by atoms with van der Waals surface area (Å²) in [5.41, 5.74) is 1.85. The van der Waals surface area contributed by atoms with E-state index >= 15 is 0 Å². The highest BCUT2D eigenvalue weighted by Gasteiger charge is 2.33. The summed E-state index contributed by atoms with van der Waals surface area (Å²) in [6.45, 7) is 7.58. The topological polar surface area (TPSA) is 86.8 Å². The Hall–Kier alpha value is -3.43. The molecule has 0 fully saturated rings. The first-order valence-electron chi connectivity index (χ1n) is 13.1. The molecular weight excluding hydrogens is 553 g/mol. The highest BCUT2D eigenvalue weighted by atomic mass is 35.5. The van der Waals surface area contributed by atoms with Gasteiger partial charge in [0.15, 0.2) is 0 Å². The van der Waals surface area contributed by atoms with E-state index in [-0.39, 0.29) is 34.0 Å². The third-order valence-corrected chi connectivity index (χ3v) is 8.42. The van der Waals surface area contributed by atoms with Crippen molar-refractivity contribution in [3.05, 3.63) is 94.8 Å². The zero-order valence-corrected chi connectivity index (χ0v) is 24.7. The summed E-state index contributed by atoms with van der Waals surface area (Å²) < 4.78 is 42.4. The van der Waals surface area contributed by atoms with Gasteiger partial charge in [-0.25, -0.2) is 12.8 Å². The zero-order chi connectivity index (χ0) is 29.4. The number of nitrogens with zero attached hydrogens (tertiary/aromatic N) is 2. The Balaban J connectivity index is 2.05. The van der Waals surface area contributed by atoms with Crippen molar-refractivity contribution in [1.29, 1.82) is 0 Å². The van der Waals surface area contributed by atoms with Crippen LogP contribution in [0, 0.1) is 18.7 Å². The molecule has 10 heteroatoms. The molecule has 2 amide bonds. The Bertz CT molecular complexity index is 1420. The van der Waals surface area contributed by atoms with E-state index in [0.29, 0.717) is 13.0 Å². The van der Waals surface area contributed by atoms with Crippen molar-refractivity contribution < 1.29 is 22.4 Å². The van der Waals surface area contributed by atoms with Gasteiger partial charge >= 0.3 is 0 Å². The molecule has 3 aromatic carbocycles. The average Bonchev–Trinajstić information content (AvgIpc) is 2.93. The van der Waals surface area contributed by atoms with Gasteiger partial charge in [-0.15, -0.1) is 0 Å². The van der Waals surface area contributed by atoms with E-state index in [9.17, 15) is 22.4 Å². The average molecular weight is 588 g/mol. The number of carbonyl (C=O) groups excluding carboxylic acids is 2. The summed E-state index contributed by atoms with van der Waals surface area (Å²) in [5.74, 6) is -1.42. The molecule has 0 radical (unpaired) electrons. The molecular formula is C30H35ClFN3O4S. The van der Waals surface area contributed by atoms with Gasteiger partial charge in [0.05, 0.1) is 15.6 Å². The summed E-state index contributed by atoms with van der Waals surface area (Å²) in [4.78, 5) is 28.6. The van der Waals surface area contributed by atoms with Crippen molar-refractivity contribution in [2.75, 3.05) is 17.4 Å². The fourth-order valence-corrected chi connectivity index (χ4v) is 5.72. The van der Waals surface area contributed by atoms with Crippen molar-refractivity contribution in [2.24, 2.45) is 5.92 Å². The second kappa shape index (κ2) is 13.8. The monoisotopic (exact) mass is 587 g/mol. The van der Waals surface area contributed by atoms with Gasteiger partial charge in [-0.2, -0.15) is 0 Å². The van der Waals surface area contributed by atoms with Gasteiger partial charge in [0.25, 0.3) is 10.0 Å². The molecule has 0 aliphatic carbocycles. The smallest absolute Gasteiger partial charge is 0.264 e. The Labute approximate surface area is 241 Å². The largest absolute Gasteiger partial charge is 0.354 e. The van der Waals surface area contributed by atoms with Crippen LogP contribution in [0.1, 0.15) is 38.3 Å². The van der Waals surface area contributed by atoms with Crippen LogP contribution in [-0.2, 0) is 26.2 Å². The highest BCUT2D eigenvalue weighted by Crippen LogP contribution is 2.28. The van der Waals surface area contributed by atoms with Gasteiger partial charge in [-0.3, -0.25) is 13.9 Å². The zero-order valence-electron chi connectivity index (χ0n) is 23.1. The molecule has 214 valence electrons. The maximum absolute atomic E-state index is 14.0. The number of hydrogen-bond acceptors (Lipinski definition) is 4. The second-order valence-electron chi connectivity index (χ2n) is 9.99. The van der Waals surface area contributed by atoms with Crippen molar-refractivity contribution >= 4 is 39.1 Å². The maximum atomic E-state index is 14.0. The minimum absolute atomic E-state index is 0.0243. The molecule has 0 aliphatic rings. The van der Waals surface area contributed by atoms with Crippen LogP contribution in [0.4, 0.5) is 10.1 Å². The third-order valence-electron chi connectivity index (χ3n) is 6.35. The van der Waals surface area contributed by atoms with Gasteiger partial charge in [0.1, 0.15) is 18.4 Å². The van der Waals surface area contributed by atoms with Crippen LogP contribution in [-0.4, -0.2) is 44.3 Å². The van der Waals surface area contributed by atoms with E-state index in [1.165, 1.54) is 29.2 Å². The number of rotatable bonds is 12. The summed E-state index contributed by atoms with van der Waals surface area (Å²) in [5, 5.41) is 2.61. The molecule has 0 aliphatic heterocycles. The lowest BCUT2D eigenvalue weighted by Gasteiger charge is -2.33. The van der Waals surface area contributed by atoms with E-state index in [4.69, 9.17) is 11.6 Å². The maximum Gasteiger partial charge on any atom is 0.264 e. The predicted octanol–water partition coefficient (Wildman–Crippen LogP) is 5.56. The molecule has 0 spiro atoms. The van der Waals surface area contributed by atoms with E-state index in [0.717, 1.165) is 21.5 Å². The van der Waals surface area contributed by atoms with Crippen molar-refractivity contribution in [3.63, 3.8) is 0 Å². The molecule has 40 heavy (non-hydrogen) atoms. The third kappa shape index (κ3) is 7.82. The van der Waals surface area contributed by atoms with Gasteiger partial charge in [0, 0.05) is 13.1 Å². The Morgan fingerprint density at radius 3 is 2.23 bits per heavy atom. The lowest BCUT2D eigenvalue weighted by atomic mass is 10.1. The number of halogens is 2. The quantitative estimate of drug-likeness (QED) is 0.300. The molecule has 0 unspecified atom stereocenters. The lowest BCUT2D eigenvalue weighted by Crippen LogP contribution is -2.52. The van der Waals surface area contributed by atoms with Crippen LogP contribution in [0.15, 0.2) is 77.7 Å². The number of aryl methyl sites for hydroxylation is 1. The van der Waals surface area contributed by atoms with Crippen LogP contribution in [0.5, 0.6) is 0 Å². The van der Waals surface area contributed by atoms with Crippen molar-refractivity contribution in [3.8, 4) is 0 Å². The predicted molar refractivity (Wildman–Crippen MR) is 156 cm³/mol. The second-order valence-corrected chi connectivity index (χ2v) is 12.3. The number of nitrogens with one attached hydrogen (secondary N) is 1. The highest BCUT2D eigenvalue weighted by molar-refractivity contribution is 7.92. The fraction of sp³-hybridized carbons (Fsp3) is 0.333. The van der Waals surface area contributed by atoms with Gasteiger partial charge in [0.2, 0.25) is 11.8 Å².